The van der Waals surface area contributed by atoms with E-state index in [1.165, 1.54) is 0 Å². The first kappa shape index (κ1) is 9.74. The lowest BCUT2D eigenvalue weighted by atomic mass is 10.0. The largest absolute Gasteiger partial charge is 0.464 e. The maximum atomic E-state index is 5.62. The van der Waals surface area contributed by atoms with E-state index in [-0.39, 0.29) is 0 Å². The highest BCUT2D eigenvalue weighted by atomic mass is 17.2. The van der Waals surface area contributed by atoms with Crippen LogP contribution in [0.1, 0.15) is 5.56 Å². The van der Waals surface area contributed by atoms with Crippen molar-refractivity contribution in [3.05, 3.63) is 54.3 Å². The second-order valence-corrected chi connectivity index (χ2v) is 4.32. The van der Waals surface area contributed by atoms with Gasteiger partial charge in [0.05, 0.1) is 6.26 Å². The first-order valence-corrected chi connectivity index (χ1v) is 5.81. The Bertz CT molecular complexity index is 713. The number of rotatable bonds is 1. The molecule has 1 aliphatic rings. The van der Waals surface area contributed by atoms with Crippen LogP contribution >= 0.6 is 0 Å². The zero-order chi connectivity index (χ0) is 11.9. The van der Waals surface area contributed by atoms with Crippen LogP contribution in [0.5, 0.6) is 5.75 Å². The van der Waals surface area contributed by atoms with Gasteiger partial charge >= 0.3 is 0 Å². The molecule has 0 saturated carbocycles. The summed E-state index contributed by atoms with van der Waals surface area (Å²) in [6.07, 6.45) is 1.79. The average Bonchev–Trinajstić information content (AvgIpc) is 3.02. The summed E-state index contributed by atoms with van der Waals surface area (Å²) in [5, 5.41) is 1.05. The van der Waals surface area contributed by atoms with Gasteiger partial charge in [-0.05, 0) is 17.7 Å². The van der Waals surface area contributed by atoms with Gasteiger partial charge < -0.3 is 9.30 Å². The van der Waals surface area contributed by atoms with Gasteiger partial charge in [0.15, 0.2) is 5.75 Å². The van der Waals surface area contributed by atoms with Crippen LogP contribution < -0.4 is 4.89 Å². The van der Waals surface area contributed by atoms with E-state index in [0.717, 1.165) is 33.4 Å². The third-order valence-electron chi connectivity index (χ3n) is 3.20. The molecule has 3 heteroatoms. The lowest BCUT2D eigenvalue weighted by molar-refractivity contribution is -0.194. The van der Waals surface area contributed by atoms with Gasteiger partial charge in [0.2, 0.25) is 0 Å². The van der Waals surface area contributed by atoms with Crippen molar-refractivity contribution in [3.63, 3.8) is 0 Å². The minimum absolute atomic E-state index is 0.479. The monoisotopic (exact) mass is 238 g/mol. The molecule has 0 aliphatic carbocycles. The summed E-state index contributed by atoms with van der Waals surface area (Å²) in [7, 11) is 0. The maximum Gasteiger partial charge on any atom is 0.171 e. The van der Waals surface area contributed by atoms with Crippen molar-refractivity contribution in [1.82, 2.24) is 0 Å². The fourth-order valence-electron chi connectivity index (χ4n) is 2.28. The zero-order valence-electron chi connectivity index (χ0n) is 9.55. The molecule has 18 heavy (non-hydrogen) atoms. The molecule has 0 atom stereocenters. The van der Waals surface area contributed by atoms with Gasteiger partial charge in [-0.15, -0.1) is 0 Å². The number of benzene rings is 2. The fourth-order valence-corrected chi connectivity index (χ4v) is 2.28. The summed E-state index contributed by atoms with van der Waals surface area (Å²) < 4.78 is 5.62. The number of furan rings is 1. The molecule has 3 nitrogen and oxygen atoms in total. The Labute approximate surface area is 103 Å². The van der Waals surface area contributed by atoms with E-state index in [9.17, 15) is 0 Å². The number of hydrogen-bond acceptors (Lipinski definition) is 3. The molecule has 1 aliphatic heterocycles. The highest BCUT2D eigenvalue weighted by Gasteiger charge is 2.18. The van der Waals surface area contributed by atoms with Crippen molar-refractivity contribution in [3.8, 4) is 16.9 Å². The van der Waals surface area contributed by atoms with Crippen molar-refractivity contribution < 1.29 is 14.2 Å². The van der Waals surface area contributed by atoms with E-state index < -0.39 is 0 Å². The van der Waals surface area contributed by atoms with Crippen molar-refractivity contribution in [2.24, 2.45) is 0 Å². The first-order chi connectivity index (χ1) is 8.92. The molecule has 0 unspecified atom stereocenters. The Morgan fingerprint density at radius 3 is 2.78 bits per heavy atom. The van der Waals surface area contributed by atoms with Crippen LogP contribution in [0.2, 0.25) is 0 Å². The van der Waals surface area contributed by atoms with E-state index in [1.54, 1.807) is 6.26 Å². The molecule has 2 aromatic carbocycles. The van der Waals surface area contributed by atoms with Crippen molar-refractivity contribution >= 4 is 11.0 Å². The van der Waals surface area contributed by atoms with E-state index in [4.69, 9.17) is 14.2 Å². The van der Waals surface area contributed by atoms with E-state index in [0.29, 0.717) is 6.61 Å². The lowest BCUT2D eigenvalue weighted by Crippen LogP contribution is -1.81. The molecule has 2 heterocycles. The molecule has 0 amide bonds. The van der Waals surface area contributed by atoms with E-state index >= 15 is 0 Å². The summed E-state index contributed by atoms with van der Waals surface area (Å²) in [6, 6.07) is 14.1. The predicted octanol–water partition coefficient (Wildman–Crippen LogP) is 3.92. The topological polar surface area (TPSA) is 31.6 Å². The maximum absolute atomic E-state index is 5.62. The minimum atomic E-state index is 0.479. The van der Waals surface area contributed by atoms with Crippen LogP contribution in [0, 0.1) is 0 Å². The molecular formula is C15H10O3. The van der Waals surface area contributed by atoms with Crippen molar-refractivity contribution in [1.29, 1.82) is 0 Å². The zero-order valence-corrected chi connectivity index (χ0v) is 9.55. The summed E-state index contributed by atoms with van der Waals surface area (Å²) in [4.78, 5) is 10.1. The highest BCUT2D eigenvalue weighted by Crippen LogP contribution is 2.37. The quantitative estimate of drug-likeness (QED) is 0.602. The summed E-state index contributed by atoms with van der Waals surface area (Å²) in [5.74, 6) is 0.779. The molecule has 88 valence electrons. The standard InChI is InChI=1S/C15H10O3/c1-2-4-10(5-3-1)13-9-16-15-6-11-8-17-18-14(11)7-12(13)15/h1-7,9H,8H2. The van der Waals surface area contributed by atoms with Crippen LogP contribution in [0.4, 0.5) is 0 Å². The smallest absolute Gasteiger partial charge is 0.171 e. The molecule has 0 saturated heterocycles. The summed E-state index contributed by atoms with van der Waals surface area (Å²) in [6.45, 7) is 0.479. The van der Waals surface area contributed by atoms with Gasteiger partial charge in [0, 0.05) is 16.5 Å². The van der Waals surface area contributed by atoms with Crippen LogP contribution in [-0.2, 0) is 11.5 Å². The summed E-state index contributed by atoms with van der Waals surface area (Å²) in [5.41, 5.74) is 4.09. The Morgan fingerprint density at radius 2 is 1.89 bits per heavy atom. The molecule has 0 bridgehead atoms. The lowest BCUT2D eigenvalue weighted by Gasteiger charge is -1.99. The Kier molecular flexibility index (Phi) is 1.96. The van der Waals surface area contributed by atoms with Crippen LogP contribution in [0.15, 0.2) is 53.1 Å². The predicted molar refractivity (Wildman–Crippen MR) is 67.1 cm³/mol. The van der Waals surface area contributed by atoms with Gasteiger partial charge in [-0.25, -0.2) is 0 Å². The van der Waals surface area contributed by atoms with Crippen LogP contribution in [0.25, 0.3) is 22.1 Å². The Hall–Kier alpha value is -2.26. The molecule has 0 N–H and O–H groups in total. The molecule has 0 fully saturated rings. The van der Waals surface area contributed by atoms with E-state index in [1.807, 2.05) is 30.3 Å². The molecule has 3 aromatic rings. The molecule has 1 aromatic heterocycles. The number of fused-ring (bicyclic) bond motifs is 2. The van der Waals surface area contributed by atoms with Gasteiger partial charge in [-0.1, -0.05) is 30.3 Å². The highest BCUT2D eigenvalue weighted by molar-refractivity contribution is 5.95. The van der Waals surface area contributed by atoms with Crippen LogP contribution in [0.3, 0.4) is 0 Å². The molecular weight excluding hydrogens is 228 g/mol. The molecule has 0 spiro atoms. The first-order valence-electron chi connectivity index (χ1n) is 5.81. The molecule has 4 rings (SSSR count). The second-order valence-electron chi connectivity index (χ2n) is 4.32. The fraction of sp³-hybridized carbons (Fsp3) is 0.0667. The third-order valence-corrected chi connectivity index (χ3v) is 3.20. The second kappa shape index (κ2) is 3.62. The number of hydrogen-bond donors (Lipinski definition) is 0. The van der Waals surface area contributed by atoms with E-state index in [2.05, 4.69) is 12.1 Å². The van der Waals surface area contributed by atoms with Gasteiger partial charge in [-0.2, -0.15) is 4.89 Å². The average molecular weight is 238 g/mol. The van der Waals surface area contributed by atoms with Crippen molar-refractivity contribution in [2.45, 2.75) is 6.61 Å². The Morgan fingerprint density at radius 1 is 1.00 bits per heavy atom. The normalized spacial score (nSPS) is 13.6. The van der Waals surface area contributed by atoms with Gasteiger partial charge in [0.25, 0.3) is 0 Å². The van der Waals surface area contributed by atoms with Gasteiger partial charge in [0.1, 0.15) is 12.2 Å². The molecule has 0 radical (unpaired) electrons. The SMILES string of the molecule is c1ccc(-c2coc3cc4c(cc23)OOC4)cc1. The summed E-state index contributed by atoms with van der Waals surface area (Å²) >= 11 is 0. The van der Waals surface area contributed by atoms with Gasteiger partial charge in [-0.3, -0.25) is 0 Å². The minimum Gasteiger partial charge on any atom is -0.464 e. The van der Waals surface area contributed by atoms with Crippen LogP contribution in [-0.4, -0.2) is 0 Å². The van der Waals surface area contributed by atoms with Crippen molar-refractivity contribution in [2.75, 3.05) is 0 Å². The Balaban J connectivity index is 1.98. The third kappa shape index (κ3) is 1.34.